The van der Waals surface area contributed by atoms with E-state index < -0.39 is 28.5 Å². The first kappa shape index (κ1) is 16.7. The lowest BCUT2D eigenvalue weighted by atomic mass is 9.96. The first-order valence-corrected chi connectivity index (χ1v) is 7.45. The molecule has 0 radical (unpaired) electrons. The number of rotatable bonds is 3. The highest BCUT2D eigenvalue weighted by Gasteiger charge is 2.42. The summed E-state index contributed by atoms with van der Waals surface area (Å²) in [6.07, 6.45) is -1.14. The van der Waals surface area contributed by atoms with E-state index in [1.54, 1.807) is 0 Å². The Bertz CT molecular complexity index is 902. The first-order chi connectivity index (χ1) is 11.9. The van der Waals surface area contributed by atoms with Crippen LogP contribution >= 0.6 is 11.6 Å². The van der Waals surface area contributed by atoms with Gasteiger partial charge in [0.05, 0.1) is 10.5 Å². The Balaban J connectivity index is 2.07. The molecule has 25 heavy (non-hydrogen) atoms. The van der Waals surface area contributed by atoms with Crippen LogP contribution in [0.3, 0.4) is 0 Å². The number of cyclic esters (lactones) is 1. The fraction of sp³-hybridized carbons (Fsp3) is 0.0588. The molecular weight excluding hydrogens is 350 g/mol. The van der Waals surface area contributed by atoms with Crippen molar-refractivity contribution < 1.29 is 24.4 Å². The summed E-state index contributed by atoms with van der Waals surface area (Å²) in [5.74, 6) is -2.47. The van der Waals surface area contributed by atoms with Crippen molar-refractivity contribution in [1.29, 1.82) is 0 Å². The van der Waals surface area contributed by atoms with Crippen molar-refractivity contribution in [3.8, 4) is 0 Å². The summed E-state index contributed by atoms with van der Waals surface area (Å²) >= 11 is 5.79. The van der Waals surface area contributed by atoms with Crippen LogP contribution in [0.4, 0.5) is 5.69 Å². The molecule has 1 heterocycles. The molecular formula is C17H10ClNO6. The fourth-order valence-electron chi connectivity index (χ4n) is 2.45. The number of benzene rings is 2. The van der Waals surface area contributed by atoms with E-state index >= 15 is 0 Å². The number of ether oxygens (including phenoxy) is 1. The van der Waals surface area contributed by atoms with Crippen LogP contribution in [0.25, 0.3) is 5.76 Å². The highest BCUT2D eigenvalue weighted by Crippen LogP contribution is 2.37. The number of halogens is 1. The maximum absolute atomic E-state index is 12.1. The van der Waals surface area contributed by atoms with Crippen molar-refractivity contribution in [2.45, 2.75) is 6.10 Å². The van der Waals surface area contributed by atoms with Gasteiger partial charge in [-0.2, -0.15) is 0 Å². The van der Waals surface area contributed by atoms with E-state index in [0.717, 1.165) is 0 Å². The Morgan fingerprint density at radius 1 is 1.08 bits per heavy atom. The fourth-order valence-corrected chi connectivity index (χ4v) is 2.58. The van der Waals surface area contributed by atoms with Gasteiger partial charge in [-0.25, -0.2) is 4.79 Å². The van der Waals surface area contributed by atoms with E-state index in [1.165, 1.54) is 48.5 Å². The maximum Gasteiger partial charge on any atom is 0.380 e. The second-order valence-electron chi connectivity index (χ2n) is 5.23. The number of hydrogen-bond donors (Lipinski definition) is 1. The number of non-ortho nitro benzene ring substituents is 1. The molecule has 0 spiro atoms. The molecule has 1 fully saturated rings. The summed E-state index contributed by atoms with van der Waals surface area (Å²) in [4.78, 5) is 34.0. The van der Waals surface area contributed by atoms with Crippen molar-refractivity contribution in [2.24, 2.45) is 0 Å². The monoisotopic (exact) mass is 359 g/mol. The molecule has 2 aromatic rings. The average molecular weight is 360 g/mol. The van der Waals surface area contributed by atoms with Gasteiger partial charge in [0.15, 0.2) is 6.10 Å². The molecule has 0 amide bonds. The Morgan fingerprint density at radius 3 is 2.24 bits per heavy atom. The molecule has 0 saturated carbocycles. The molecule has 1 aliphatic heterocycles. The molecule has 0 bridgehead atoms. The van der Waals surface area contributed by atoms with Gasteiger partial charge < -0.3 is 9.84 Å². The van der Waals surface area contributed by atoms with Crippen LogP contribution in [0.1, 0.15) is 17.2 Å². The van der Waals surface area contributed by atoms with Crippen LogP contribution < -0.4 is 0 Å². The summed E-state index contributed by atoms with van der Waals surface area (Å²) in [7, 11) is 0. The van der Waals surface area contributed by atoms with Crippen molar-refractivity contribution in [3.63, 3.8) is 0 Å². The highest BCUT2D eigenvalue weighted by molar-refractivity contribution is 6.44. The zero-order valence-corrected chi connectivity index (χ0v) is 13.3. The molecule has 8 heteroatoms. The van der Waals surface area contributed by atoms with E-state index in [4.69, 9.17) is 16.3 Å². The quantitative estimate of drug-likeness (QED) is 0.225. The molecule has 1 N–H and O–H groups in total. The predicted molar refractivity (Wildman–Crippen MR) is 87.9 cm³/mol. The largest absolute Gasteiger partial charge is 0.507 e. The number of nitro groups is 1. The van der Waals surface area contributed by atoms with Crippen LogP contribution in [0.2, 0.25) is 5.02 Å². The van der Waals surface area contributed by atoms with Crippen molar-refractivity contribution >= 4 is 34.8 Å². The molecule has 1 saturated heterocycles. The highest BCUT2D eigenvalue weighted by atomic mass is 35.5. The van der Waals surface area contributed by atoms with Gasteiger partial charge >= 0.3 is 5.97 Å². The minimum atomic E-state index is -1.14. The number of carbonyl (C=O) groups is 2. The molecule has 2 aromatic carbocycles. The number of ketones is 1. The Morgan fingerprint density at radius 2 is 1.68 bits per heavy atom. The molecule has 0 aromatic heterocycles. The molecule has 1 atom stereocenters. The zero-order chi connectivity index (χ0) is 18.1. The van der Waals surface area contributed by atoms with Crippen LogP contribution in [-0.2, 0) is 14.3 Å². The summed E-state index contributed by atoms with van der Waals surface area (Å²) in [6.45, 7) is 0. The average Bonchev–Trinajstić information content (AvgIpc) is 2.90. The molecule has 0 aliphatic carbocycles. The minimum Gasteiger partial charge on any atom is -0.507 e. The third kappa shape index (κ3) is 3.09. The van der Waals surface area contributed by atoms with E-state index in [0.29, 0.717) is 10.6 Å². The number of Topliss-reactive ketones (excluding diaryl/α,β-unsaturated/α-hetero) is 1. The molecule has 7 nitrogen and oxygen atoms in total. The molecule has 1 aliphatic rings. The normalized spacial score (nSPS) is 18.8. The Labute approximate surface area is 146 Å². The van der Waals surface area contributed by atoms with Crippen LogP contribution in [0.5, 0.6) is 0 Å². The van der Waals surface area contributed by atoms with Gasteiger partial charge in [0, 0.05) is 22.7 Å². The summed E-state index contributed by atoms with van der Waals surface area (Å²) in [5, 5.41) is 21.6. The Hall–Kier alpha value is -3.19. The number of aliphatic hydroxyl groups excluding tert-OH is 1. The number of hydrogen-bond acceptors (Lipinski definition) is 6. The maximum atomic E-state index is 12.1. The lowest BCUT2D eigenvalue weighted by Gasteiger charge is -2.12. The zero-order valence-electron chi connectivity index (χ0n) is 12.5. The number of aliphatic hydroxyl groups is 1. The summed E-state index contributed by atoms with van der Waals surface area (Å²) < 4.78 is 5.04. The number of nitrogens with zero attached hydrogens (tertiary/aromatic N) is 1. The van der Waals surface area contributed by atoms with Gasteiger partial charge in [-0.15, -0.1) is 0 Å². The van der Waals surface area contributed by atoms with Crippen molar-refractivity contribution in [2.75, 3.05) is 0 Å². The van der Waals surface area contributed by atoms with Gasteiger partial charge in [0.25, 0.3) is 11.5 Å². The van der Waals surface area contributed by atoms with Crippen molar-refractivity contribution in [3.05, 3.63) is 80.4 Å². The number of esters is 1. The van der Waals surface area contributed by atoms with E-state index in [-0.39, 0.29) is 16.8 Å². The van der Waals surface area contributed by atoms with Gasteiger partial charge in [0.1, 0.15) is 5.76 Å². The minimum absolute atomic E-state index is 0.146. The van der Waals surface area contributed by atoms with Gasteiger partial charge in [-0.05, 0) is 42.0 Å². The van der Waals surface area contributed by atoms with Gasteiger partial charge in [-0.3, -0.25) is 14.9 Å². The summed E-state index contributed by atoms with van der Waals surface area (Å²) in [6, 6.07) is 11.2. The SMILES string of the molecule is O=C1O[C@H](c2ccc([N+](=O)[O-])cc2)C(=C(O)c2ccc(Cl)cc2)C1=O. The smallest absolute Gasteiger partial charge is 0.380 e. The van der Waals surface area contributed by atoms with E-state index in [9.17, 15) is 24.8 Å². The number of carbonyl (C=O) groups excluding carboxylic acids is 2. The molecule has 3 rings (SSSR count). The van der Waals surface area contributed by atoms with E-state index in [1.807, 2.05) is 0 Å². The lowest BCUT2D eigenvalue weighted by Crippen LogP contribution is -2.08. The first-order valence-electron chi connectivity index (χ1n) is 7.07. The summed E-state index contributed by atoms with van der Waals surface area (Å²) in [5.41, 5.74) is 0.256. The predicted octanol–water partition coefficient (Wildman–Crippen LogP) is 3.38. The van der Waals surface area contributed by atoms with Crippen LogP contribution in [0.15, 0.2) is 54.1 Å². The second kappa shape index (κ2) is 6.37. The van der Waals surface area contributed by atoms with Crippen LogP contribution in [0, 0.1) is 10.1 Å². The third-order valence-electron chi connectivity index (χ3n) is 3.70. The Kier molecular flexibility index (Phi) is 4.24. The molecule has 0 unspecified atom stereocenters. The number of nitro benzene ring substituents is 1. The van der Waals surface area contributed by atoms with Gasteiger partial charge in [-0.1, -0.05) is 11.6 Å². The van der Waals surface area contributed by atoms with Crippen LogP contribution in [-0.4, -0.2) is 21.8 Å². The van der Waals surface area contributed by atoms with Gasteiger partial charge in [0.2, 0.25) is 0 Å². The third-order valence-corrected chi connectivity index (χ3v) is 3.95. The standard InChI is InChI=1S/C17H10ClNO6/c18-11-5-1-9(2-6-11)14(20)13-15(21)17(22)25-16(13)10-3-7-12(8-4-10)19(23)24/h1-8,16,20H/t16-/m1/s1. The topological polar surface area (TPSA) is 107 Å². The lowest BCUT2D eigenvalue weighted by molar-refractivity contribution is -0.384. The van der Waals surface area contributed by atoms with Crippen molar-refractivity contribution in [1.82, 2.24) is 0 Å². The van der Waals surface area contributed by atoms with E-state index in [2.05, 4.69) is 0 Å². The molecule has 126 valence electrons. The second-order valence-corrected chi connectivity index (χ2v) is 5.67.